The van der Waals surface area contributed by atoms with E-state index in [1.807, 2.05) is 0 Å². The van der Waals surface area contributed by atoms with Gasteiger partial charge in [-0.05, 0) is 24.3 Å². The van der Waals surface area contributed by atoms with Crippen LogP contribution in [0.15, 0.2) is 24.3 Å². The molecule has 3 heterocycles. The number of nitrogens with one attached hydrogen (secondary N) is 1. The summed E-state index contributed by atoms with van der Waals surface area (Å²) in [6.45, 7) is 0. The lowest BCUT2D eigenvalue weighted by Crippen LogP contribution is -2.41. The molecule has 2 aliphatic heterocycles. The molecule has 32 heavy (non-hydrogen) atoms. The van der Waals surface area contributed by atoms with Gasteiger partial charge < -0.3 is 15.2 Å². The third-order valence-electron chi connectivity index (χ3n) is 5.73. The molecular formula is C19H16F7N3O3. The number of amides is 1. The van der Waals surface area contributed by atoms with Gasteiger partial charge in [-0.15, -0.1) is 0 Å². The number of aliphatic hydroxyl groups is 1. The van der Waals surface area contributed by atoms with E-state index in [4.69, 9.17) is 4.74 Å². The number of carbonyl (C=O) groups excluding carboxylic acids is 1. The van der Waals surface area contributed by atoms with Crippen LogP contribution in [0.3, 0.4) is 0 Å². The zero-order valence-corrected chi connectivity index (χ0v) is 16.2. The maximum Gasteiger partial charge on any atom is 0.435 e. The van der Waals surface area contributed by atoms with Crippen LogP contribution in [0.5, 0.6) is 0 Å². The van der Waals surface area contributed by atoms with Crippen molar-refractivity contribution in [3.8, 4) is 0 Å². The lowest BCUT2D eigenvalue weighted by molar-refractivity contribution is -0.141. The molecule has 2 saturated heterocycles. The van der Waals surface area contributed by atoms with E-state index in [2.05, 4.69) is 10.4 Å². The van der Waals surface area contributed by atoms with Crippen molar-refractivity contribution in [2.75, 3.05) is 5.32 Å². The van der Waals surface area contributed by atoms with Gasteiger partial charge in [0.15, 0.2) is 5.69 Å². The maximum absolute atomic E-state index is 14.1. The smallest absolute Gasteiger partial charge is 0.390 e. The Bertz CT molecular complexity index is 1050. The fraction of sp³-hybridized carbons (Fsp3) is 0.474. The van der Waals surface area contributed by atoms with Gasteiger partial charge in [0, 0.05) is 25.1 Å². The monoisotopic (exact) mass is 467 g/mol. The molecule has 5 atom stereocenters. The molecule has 5 unspecified atom stereocenters. The molecule has 6 nitrogen and oxygen atoms in total. The number of rotatable bonds is 3. The normalized spacial score (nSPS) is 27.7. The summed E-state index contributed by atoms with van der Waals surface area (Å²) < 4.78 is 98.7. The summed E-state index contributed by atoms with van der Waals surface area (Å²) in [5.41, 5.74) is -3.18. The molecule has 1 aromatic carbocycles. The number of nitrogens with zero attached hydrogens (tertiary/aromatic N) is 2. The first-order valence-electron chi connectivity index (χ1n) is 9.39. The van der Waals surface area contributed by atoms with Crippen molar-refractivity contribution < 1.29 is 45.4 Å². The Balaban J connectivity index is 1.67. The van der Waals surface area contributed by atoms with E-state index < -0.39 is 71.2 Å². The summed E-state index contributed by atoms with van der Waals surface area (Å²) in [5.74, 6) is -4.32. The van der Waals surface area contributed by atoms with Crippen LogP contribution >= 0.6 is 0 Å². The molecule has 13 heteroatoms. The maximum atomic E-state index is 14.1. The van der Waals surface area contributed by atoms with Gasteiger partial charge in [-0.25, -0.2) is 4.39 Å². The van der Waals surface area contributed by atoms with Gasteiger partial charge in [-0.2, -0.15) is 31.4 Å². The molecule has 1 aromatic heterocycles. The van der Waals surface area contributed by atoms with Crippen LogP contribution in [0.1, 0.15) is 29.3 Å². The topological polar surface area (TPSA) is 76.4 Å². The lowest BCUT2D eigenvalue weighted by atomic mass is 9.75. The Morgan fingerprint density at radius 2 is 1.88 bits per heavy atom. The predicted molar refractivity (Wildman–Crippen MR) is 93.8 cm³/mol. The summed E-state index contributed by atoms with van der Waals surface area (Å²) in [6, 6.07) is 2.22. The highest BCUT2D eigenvalue weighted by Gasteiger charge is 2.58. The Hall–Kier alpha value is -2.67. The molecule has 0 spiro atoms. The number of hydrogen-bond donors (Lipinski definition) is 2. The number of anilines is 1. The van der Waals surface area contributed by atoms with Gasteiger partial charge >= 0.3 is 12.4 Å². The highest BCUT2D eigenvalue weighted by atomic mass is 19.4. The second kappa shape index (κ2) is 7.44. The first-order valence-corrected chi connectivity index (χ1v) is 9.39. The van der Waals surface area contributed by atoms with Crippen molar-refractivity contribution in [2.24, 2.45) is 13.0 Å². The van der Waals surface area contributed by atoms with Gasteiger partial charge in [-0.3, -0.25) is 9.48 Å². The molecule has 2 bridgehead atoms. The quantitative estimate of drug-likeness (QED) is 0.679. The Labute approximate surface area is 176 Å². The number of halogens is 7. The number of hydrogen-bond acceptors (Lipinski definition) is 4. The number of fused-ring (bicyclic) bond motifs is 2. The Morgan fingerprint density at radius 3 is 2.47 bits per heavy atom. The van der Waals surface area contributed by atoms with E-state index in [-0.39, 0.29) is 12.1 Å². The number of alkyl halides is 6. The van der Waals surface area contributed by atoms with Crippen molar-refractivity contribution in [3.63, 3.8) is 0 Å². The molecule has 2 aliphatic rings. The molecule has 0 saturated carbocycles. The Kier molecular flexibility index (Phi) is 5.24. The SMILES string of the molecule is Cn1nc(C(F)(F)F)cc1C1C2OC(CC2O)C1C(=O)Nc1cc(C(F)(F)F)ccc1F. The van der Waals surface area contributed by atoms with E-state index >= 15 is 0 Å². The second-order valence-electron chi connectivity index (χ2n) is 7.75. The standard InChI is InChI=1S/C19H16F7N3O3/c1-29-10(5-13(28-29)19(24,25)26)14-15(12-6-11(30)16(14)32-12)17(31)27-9-4-7(18(21,22)23)2-3-8(9)20/h2-5,11-12,14-16,30H,6H2,1H3,(H,27,31). The molecule has 0 radical (unpaired) electrons. The minimum absolute atomic E-state index is 0.00565. The van der Waals surface area contributed by atoms with Crippen molar-refractivity contribution in [1.82, 2.24) is 9.78 Å². The second-order valence-corrected chi connectivity index (χ2v) is 7.75. The van der Waals surface area contributed by atoms with Gasteiger partial charge in [0.1, 0.15) is 5.82 Å². The number of carbonyl (C=O) groups is 1. The number of aryl methyl sites for hydroxylation is 1. The van der Waals surface area contributed by atoms with E-state index in [0.29, 0.717) is 18.2 Å². The van der Waals surface area contributed by atoms with Crippen molar-refractivity contribution in [3.05, 3.63) is 47.0 Å². The largest absolute Gasteiger partial charge is 0.435 e. The van der Waals surface area contributed by atoms with Crippen molar-refractivity contribution in [2.45, 2.75) is 43.0 Å². The van der Waals surface area contributed by atoms with E-state index in [1.165, 1.54) is 7.05 Å². The average molecular weight is 467 g/mol. The highest BCUT2D eigenvalue weighted by Crippen LogP contribution is 2.50. The van der Waals surface area contributed by atoms with Gasteiger partial charge in [0.25, 0.3) is 0 Å². The van der Waals surface area contributed by atoms with Crippen LogP contribution < -0.4 is 5.32 Å². The van der Waals surface area contributed by atoms with Crippen LogP contribution in [0, 0.1) is 11.7 Å². The number of aliphatic hydroxyl groups excluding tert-OH is 1. The van der Waals surface area contributed by atoms with E-state index in [0.717, 1.165) is 10.7 Å². The zero-order chi connectivity index (χ0) is 23.6. The summed E-state index contributed by atoms with van der Waals surface area (Å²) in [5, 5.41) is 15.7. The highest BCUT2D eigenvalue weighted by molar-refractivity contribution is 5.94. The van der Waals surface area contributed by atoms with Crippen LogP contribution in [-0.2, 0) is 28.9 Å². The molecular weight excluding hydrogens is 451 g/mol. The van der Waals surface area contributed by atoms with Crippen LogP contribution in [-0.4, -0.2) is 39.1 Å². The third kappa shape index (κ3) is 3.83. The Morgan fingerprint density at radius 1 is 1.19 bits per heavy atom. The van der Waals surface area contributed by atoms with Crippen LogP contribution in [0.2, 0.25) is 0 Å². The fourth-order valence-electron chi connectivity index (χ4n) is 4.34. The van der Waals surface area contributed by atoms with Crippen molar-refractivity contribution in [1.29, 1.82) is 0 Å². The number of benzene rings is 1. The van der Waals surface area contributed by atoms with E-state index in [1.54, 1.807) is 0 Å². The van der Waals surface area contributed by atoms with Crippen LogP contribution in [0.4, 0.5) is 36.4 Å². The zero-order valence-electron chi connectivity index (χ0n) is 16.2. The molecule has 2 fully saturated rings. The molecule has 174 valence electrons. The first-order chi connectivity index (χ1) is 14.8. The summed E-state index contributed by atoms with van der Waals surface area (Å²) in [7, 11) is 1.23. The first kappa shape index (κ1) is 22.5. The van der Waals surface area contributed by atoms with Crippen LogP contribution in [0.25, 0.3) is 0 Å². The molecule has 2 aromatic rings. The summed E-state index contributed by atoms with van der Waals surface area (Å²) in [4.78, 5) is 13.0. The van der Waals surface area contributed by atoms with Gasteiger partial charge in [-0.1, -0.05) is 0 Å². The average Bonchev–Trinajstić information content (AvgIpc) is 3.33. The minimum atomic E-state index is -4.78. The molecule has 0 aliphatic carbocycles. The third-order valence-corrected chi connectivity index (χ3v) is 5.73. The minimum Gasteiger partial charge on any atom is -0.390 e. The summed E-state index contributed by atoms with van der Waals surface area (Å²) in [6.07, 6.45) is -12.6. The fourth-order valence-corrected chi connectivity index (χ4v) is 4.34. The number of aromatic nitrogens is 2. The summed E-state index contributed by atoms with van der Waals surface area (Å²) >= 11 is 0. The predicted octanol–water partition coefficient (Wildman–Crippen LogP) is 3.47. The van der Waals surface area contributed by atoms with Gasteiger partial charge in [0.05, 0.1) is 35.5 Å². The number of ether oxygens (including phenoxy) is 1. The molecule has 2 N–H and O–H groups in total. The van der Waals surface area contributed by atoms with E-state index in [9.17, 15) is 40.6 Å². The lowest BCUT2D eigenvalue weighted by Gasteiger charge is -2.29. The van der Waals surface area contributed by atoms with Crippen molar-refractivity contribution >= 4 is 11.6 Å². The molecule has 4 rings (SSSR count). The molecule has 1 amide bonds. The van der Waals surface area contributed by atoms with Gasteiger partial charge in [0.2, 0.25) is 5.91 Å².